The van der Waals surface area contributed by atoms with Gasteiger partial charge in [-0.2, -0.15) is 0 Å². The van der Waals surface area contributed by atoms with Crippen LogP contribution in [-0.2, 0) is 0 Å². The molecule has 3 heteroatoms. The van der Waals surface area contributed by atoms with Gasteiger partial charge in [0.15, 0.2) is 0 Å². The van der Waals surface area contributed by atoms with E-state index in [0.717, 1.165) is 24.9 Å². The molecule has 1 aromatic carbocycles. The molecular weight excluding hydrogens is 237 g/mol. The van der Waals surface area contributed by atoms with Crippen LogP contribution in [0.5, 0.6) is 0 Å². The van der Waals surface area contributed by atoms with Crippen molar-refractivity contribution in [2.75, 3.05) is 6.54 Å². The largest absolute Gasteiger partial charge is 0.310 e. The summed E-state index contributed by atoms with van der Waals surface area (Å²) in [4.78, 5) is 0. The first-order chi connectivity index (χ1) is 8.19. The highest BCUT2D eigenvalue weighted by molar-refractivity contribution is 6.30. The Labute approximate surface area is 108 Å². The molecule has 0 bridgehead atoms. The highest BCUT2D eigenvalue weighted by Crippen LogP contribution is 2.24. The van der Waals surface area contributed by atoms with E-state index >= 15 is 0 Å². The van der Waals surface area contributed by atoms with Gasteiger partial charge in [-0.3, -0.25) is 0 Å². The second-order valence-corrected chi connectivity index (χ2v) is 4.71. The van der Waals surface area contributed by atoms with Gasteiger partial charge in [0.05, 0.1) is 0 Å². The second kappa shape index (κ2) is 7.67. The fraction of sp³-hybridized carbons (Fsp3) is 0.571. The lowest BCUT2D eigenvalue weighted by atomic mass is 10.00. The molecule has 0 aliphatic heterocycles. The van der Waals surface area contributed by atoms with Crippen molar-refractivity contribution in [2.45, 2.75) is 45.6 Å². The van der Waals surface area contributed by atoms with E-state index in [0.29, 0.717) is 5.02 Å². The van der Waals surface area contributed by atoms with Crippen LogP contribution in [0.2, 0.25) is 5.02 Å². The summed E-state index contributed by atoms with van der Waals surface area (Å²) in [6.45, 7) is 5.06. The van der Waals surface area contributed by atoms with Gasteiger partial charge in [0.2, 0.25) is 0 Å². The van der Waals surface area contributed by atoms with Gasteiger partial charge in [-0.1, -0.05) is 50.8 Å². The zero-order valence-corrected chi connectivity index (χ0v) is 11.4. The lowest BCUT2D eigenvalue weighted by Crippen LogP contribution is -2.21. The van der Waals surface area contributed by atoms with Crippen molar-refractivity contribution in [3.8, 4) is 0 Å². The number of unbranched alkanes of at least 4 members (excludes halogenated alkanes) is 2. The third-order valence-electron chi connectivity index (χ3n) is 2.88. The monoisotopic (exact) mass is 257 g/mol. The average molecular weight is 258 g/mol. The molecule has 0 radical (unpaired) electrons. The second-order valence-electron chi connectivity index (χ2n) is 4.27. The molecule has 1 aromatic rings. The fourth-order valence-electron chi connectivity index (χ4n) is 2.00. The van der Waals surface area contributed by atoms with Gasteiger partial charge in [-0.25, -0.2) is 4.39 Å². The van der Waals surface area contributed by atoms with Gasteiger partial charge < -0.3 is 5.32 Å². The van der Waals surface area contributed by atoms with Crippen molar-refractivity contribution < 1.29 is 4.39 Å². The van der Waals surface area contributed by atoms with E-state index < -0.39 is 0 Å². The van der Waals surface area contributed by atoms with Gasteiger partial charge in [-0.15, -0.1) is 0 Å². The number of hydrogen-bond acceptors (Lipinski definition) is 1. The third kappa shape index (κ3) is 4.64. The third-order valence-corrected chi connectivity index (χ3v) is 3.12. The molecule has 0 fully saturated rings. The Hall–Kier alpha value is -0.600. The average Bonchev–Trinajstić information content (AvgIpc) is 2.28. The molecule has 17 heavy (non-hydrogen) atoms. The van der Waals surface area contributed by atoms with Crippen LogP contribution in [0.1, 0.15) is 51.1 Å². The summed E-state index contributed by atoms with van der Waals surface area (Å²) in [7, 11) is 0. The Morgan fingerprint density at radius 1 is 1.29 bits per heavy atom. The molecule has 1 unspecified atom stereocenters. The summed E-state index contributed by atoms with van der Waals surface area (Å²) < 4.78 is 13.8. The molecular formula is C14H21ClFN. The molecule has 1 N–H and O–H groups in total. The van der Waals surface area contributed by atoms with E-state index in [2.05, 4.69) is 12.2 Å². The Kier molecular flexibility index (Phi) is 6.53. The Balaban J connectivity index is 2.74. The maximum absolute atomic E-state index is 13.8. The van der Waals surface area contributed by atoms with Crippen molar-refractivity contribution in [3.63, 3.8) is 0 Å². The van der Waals surface area contributed by atoms with Crippen LogP contribution in [0.25, 0.3) is 0 Å². The summed E-state index contributed by atoms with van der Waals surface area (Å²) in [5, 5.41) is 3.79. The Bertz CT molecular complexity index is 341. The standard InChI is InChI=1S/C14H21ClFN/c1-3-5-6-7-14(17-4-2)12-9-8-11(15)10-13(12)16/h8-10,14,17H,3-7H2,1-2H3. The SMILES string of the molecule is CCCCCC(NCC)c1ccc(Cl)cc1F. The molecule has 1 nitrogen and oxygen atoms in total. The smallest absolute Gasteiger partial charge is 0.129 e. The lowest BCUT2D eigenvalue weighted by Gasteiger charge is -2.19. The van der Waals surface area contributed by atoms with Gasteiger partial charge in [0, 0.05) is 16.6 Å². The molecule has 0 amide bonds. The number of nitrogens with one attached hydrogen (secondary N) is 1. The predicted molar refractivity (Wildman–Crippen MR) is 72.0 cm³/mol. The summed E-state index contributed by atoms with van der Waals surface area (Å²) in [6.07, 6.45) is 4.47. The number of rotatable bonds is 7. The zero-order valence-electron chi connectivity index (χ0n) is 10.6. The lowest BCUT2D eigenvalue weighted by molar-refractivity contribution is 0.464. The summed E-state index contributed by atoms with van der Waals surface area (Å²) >= 11 is 5.77. The Morgan fingerprint density at radius 2 is 2.06 bits per heavy atom. The molecule has 1 atom stereocenters. The number of halogens is 2. The first kappa shape index (κ1) is 14.5. The van der Waals surface area contributed by atoms with Crippen LogP contribution in [0, 0.1) is 5.82 Å². The quantitative estimate of drug-likeness (QED) is 0.698. The van der Waals surface area contributed by atoms with Gasteiger partial charge in [0.1, 0.15) is 5.82 Å². The van der Waals surface area contributed by atoms with Crippen LogP contribution >= 0.6 is 11.6 Å². The summed E-state index contributed by atoms with van der Waals surface area (Å²) in [5.74, 6) is -0.208. The molecule has 0 heterocycles. The fourth-order valence-corrected chi connectivity index (χ4v) is 2.16. The molecule has 0 saturated carbocycles. The highest BCUT2D eigenvalue weighted by atomic mass is 35.5. The van der Waals surface area contributed by atoms with Crippen LogP contribution in [0.15, 0.2) is 18.2 Å². The molecule has 0 aliphatic carbocycles. The minimum atomic E-state index is -0.208. The summed E-state index contributed by atoms with van der Waals surface area (Å²) in [6, 6.07) is 5.03. The molecule has 0 saturated heterocycles. The van der Waals surface area contributed by atoms with Crippen molar-refractivity contribution in [1.82, 2.24) is 5.32 Å². The van der Waals surface area contributed by atoms with Crippen LogP contribution in [-0.4, -0.2) is 6.54 Å². The number of hydrogen-bond donors (Lipinski definition) is 1. The predicted octanol–water partition coefficient (Wildman–Crippen LogP) is 4.71. The highest BCUT2D eigenvalue weighted by Gasteiger charge is 2.14. The van der Waals surface area contributed by atoms with Gasteiger partial charge >= 0.3 is 0 Å². The van der Waals surface area contributed by atoms with Crippen LogP contribution < -0.4 is 5.32 Å². The molecule has 96 valence electrons. The van der Waals surface area contributed by atoms with Gasteiger partial charge in [0.25, 0.3) is 0 Å². The van der Waals surface area contributed by atoms with E-state index in [-0.39, 0.29) is 11.9 Å². The van der Waals surface area contributed by atoms with E-state index in [1.54, 1.807) is 12.1 Å². The molecule has 1 rings (SSSR count). The minimum Gasteiger partial charge on any atom is -0.310 e. The maximum atomic E-state index is 13.8. The molecule has 0 aromatic heterocycles. The van der Waals surface area contributed by atoms with Crippen LogP contribution in [0.3, 0.4) is 0 Å². The normalized spacial score (nSPS) is 12.7. The zero-order chi connectivity index (χ0) is 12.7. The first-order valence-corrected chi connectivity index (χ1v) is 6.75. The molecule has 0 aliphatic rings. The topological polar surface area (TPSA) is 12.0 Å². The summed E-state index contributed by atoms with van der Waals surface area (Å²) in [5.41, 5.74) is 0.729. The minimum absolute atomic E-state index is 0.101. The van der Waals surface area contributed by atoms with Gasteiger partial charge in [-0.05, 0) is 25.1 Å². The van der Waals surface area contributed by atoms with Crippen LogP contribution in [0.4, 0.5) is 4.39 Å². The van der Waals surface area contributed by atoms with E-state index in [1.165, 1.54) is 18.9 Å². The van der Waals surface area contributed by atoms with Crippen molar-refractivity contribution >= 4 is 11.6 Å². The van der Waals surface area contributed by atoms with Crippen molar-refractivity contribution in [1.29, 1.82) is 0 Å². The van der Waals surface area contributed by atoms with Crippen molar-refractivity contribution in [3.05, 3.63) is 34.6 Å². The van der Waals surface area contributed by atoms with E-state index in [1.807, 2.05) is 6.92 Å². The van der Waals surface area contributed by atoms with E-state index in [9.17, 15) is 4.39 Å². The van der Waals surface area contributed by atoms with E-state index in [4.69, 9.17) is 11.6 Å². The Morgan fingerprint density at radius 3 is 2.65 bits per heavy atom. The first-order valence-electron chi connectivity index (χ1n) is 6.37. The molecule has 0 spiro atoms. The maximum Gasteiger partial charge on any atom is 0.129 e. The number of benzene rings is 1. The van der Waals surface area contributed by atoms with Crippen molar-refractivity contribution in [2.24, 2.45) is 0 Å².